The maximum atomic E-state index is 13.6. The van der Waals surface area contributed by atoms with Crippen LogP contribution in [0.25, 0.3) is 17.0 Å². The maximum Gasteiger partial charge on any atom is 0.293 e. The Labute approximate surface area is 199 Å². The van der Waals surface area contributed by atoms with E-state index in [4.69, 9.17) is 11.6 Å². The average Bonchev–Trinajstić information content (AvgIpc) is 3.27. The van der Waals surface area contributed by atoms with Crippen LogP contribution < -0.4 is 0 Å². The summed E-state index contributed by atoms with van der Waals surface area (Å²) in [6.45, 7) is 0.685. The van der Waals surface area contributed by atoms with Crippen LogP contribution in [-0.4, -0.2) is 20.6 Å². The highest BCUT2D eigenvalue weighted by Crippen LogP contribution is 2.35. The molecule has 2 amide bonds. The molecule has 3 aromatic carbocycles. The molecule has 4 nitrogen and oxygen atoms in total. The van der Waals surface area contributed by atoms with E-state index in [1.807, 2.05) is 41.1 Å². The van der Waals surface area contributed by atoms with Gasteiger partial charge in [0.2, 0.25) is 0 Å². The fourth-order valence-electron chi connectivity index (χ4n) is 3.90. The first-order valence-electron chi connectivity index (χ1n) is 10.3. The number of carbonyl (C=O) groups excluding carboxylic acids is 2. The molecule has 0 N–H and O–H groups in total. The van der Waals surface area contributed by atoms with Crippen LogP contribution in [0, 0.1) is 5.82 Å². The fourth-order valence-corrected chi connectivity index (χ4v) is 4.86. The Morgan fingerprint density at radius 1 is 0.909 bits per heavy atom. The molecule has 0 saturated carbocycles. The van der Waals surface area contributed by atoms with Crippen molar-refractivity contribution in [2.24, 2.45) is 0 Å². The lowest BCUT2D eigenvalue weighted by Crippen LogP contribution is -2.27. The third kappa shape index (κ3) is 4.45. The van der Waals surface area contributed by atoms with Gasteiger partial charge in [-0.05, 0) is 59.3 Å². The minimum atomic E-state index is -0.318. The van der Waals surface area contributed by atoms with Gasteiger partial charge in [0.1, 0.15) is 5.82 Å². The van der Waals surface area contributed by atoms with Gasteiger partial charge in [-0.15, -0.1) is 0 Å². The van der Waals surface area contributed by atoms with Gasteiger partial charge in [-0.2, -0.15) is 0 Å². The summed E-state index contributed by atoms with van der Waals surface area (Å²) >= 11 is 6.86. The quantitative estimate of drug-likeness (QED) is 0.300. The van der Waals surface area contributed by atoms with E-state index in [1.165, 1.54) is 17.0 Å². The summed E-state index contributed by atoms with van der Waals surface area (Å²) in [6.07, 6.45) is 3.69. The smallest absolute Gasteiger partial charge is 0.293 e. The van der Waals surface area contributed by atoms with E-state index in [2.05, 4.69) is 0 Å². The van der Waals surface area contributed by atoms with Gasteiger partial charge in [0.15, 0.2) is 0 Å². The van der Waals surface area contributed by atoms with Gasteiger partial charge < -0.3 is 4.57 Å². The molecular formula is C26H18ClFN2O2S. The van der Waals surface area contributed by atoms with Crippen molar-refractivity contribution in [3.8, 4) is 0 Å². The van der Waals surface area contributed by atoms with E-state index < -0.39 is 0 Å². The van der Waals surface area contributed by atoms with Crippen LogP contribution >= 0.6 is 23.4 Å². The Bertz CT molecular complexity index is 1410. The second-order valence-corrected chi connectivity index (χ2v) is 9.18. The van der Waals surface area contributed by atoms with E-state index in [0.717, 1.165) is 39.4 Å². The average molecular weight is 477 g/mol. The number of thioether (sulfide) groups is 1. The molecule has 0 radical (unpaired) electrons. The van der Waals surface area contributed by atoms with Gasteiger partial charge in [-0.25, -0.2) is 4.39 Å². The zero-order chi connectivity index (χ0) is 22.9. The van der Waals surface area contributed by atoms with Gasteiger partial charge in [0.05, 0.1) is 11.4 Å². The number of aromatic nitrogens is 1. The predicted molar refractivity (Wildman–Crippen MR) is 130 cm³/mol. The Balaban J connectivity index is 1.45. The maximum absolute atomic E-state index is 13.6. The van der Waals surface area contributed by atoms with Crippen molar-refractivity contribution >= 4 is 51.5 Å². The van der Waals surface area contributed by atoms with Crippen molar-refractivity contribution < 1.29 is 14.0 Å². The number of halogens is 2. The second kappa shape index (κ2) is 8.89. The normalized spacial score (nSPS) is 15.2. The summed E-state index contributed by atoms with van der Waals surface area (Å²) in [5, 5.41) is 1.26. The topological polar surface area (TPSA) is 42.3 Å². The summed E-state index contributed by atoms with van der Waals surface area (Å²) in [5.74, 6) is -0.597. The zero-order valence-electron chi connectivity index (χ0n) is 17.4. The number of hydrogen-bond donors (Lipinski definition) is 0. The molecule has 1 saturated heterocycles. The number of benzene rings is 3. The van der Waals surface area contributed by atoms with Crippen molar-refractivity contribution in [2.75, 3.05) is 0 Å². The van der Waals surface area contributed by atoms with Gasteiger partial charge in [-0.3, -0.25) is 14.5 Å². The van der Waals surface area contributed by atoms with Gasteiger partial charge >= 0.3 is 0 Å². The van der Waals surface area contributed by atoms with E-state index >= 15 is 0 Å². The molecule has 33 heavy (non-hydrogen) atoms. The Hall–Kier alpha value is -3.35. The number of fused-ring (bicyclic) bond motifs is 1. The molecule has 0 atom stereocenters. The lowest BCUT2D eigenvalue weighted by Gasteiger charge is -2.12. The number of amides is 2. The molecule has 164 valence electrons. The van der Waals surface area contributed by atoms with Crippen LogP contribution in [0.15, 0.2) is 83.9 Å². The minimum Gasteiger partial charge on any atom is -0.342 e. The summed E-state index contributed by atoms with van der Waals surface area (Å²) in [6, 6.07) is 21.4. The zero-order valence-corrected chi connectivity index (χ0v) is 18.9. The van der Waals surface area contributed by atoms with E-state index in [-0.39, 0.29) is 23.5 Å². The van der Waals surface area contributed by atoms with Crippen LogP contribution in [0.1, 0.15) is 16.7 Å². The highest BCUT2D eigenvalue weighted by molar-refractivity contribution is 8.18. The summed E-state index contributed by atoms with van der Waals surface area (Å²) < 4.78 is 15.7. The molecule has 5 rings (SSSR count). The number of para-hydroxylation sites is 1. The van der Waals surface area contributed by atoms with Gasteiger partial charge in [-0.1, -0.05) is 54.1 Å². The highest BCUT2D eigenvalue weighted by Gasteiger charge is 2.35. The van der Waals surface area contributed by atoms with E-state index in [1.54, 1.807) is 36.4 Å². The molecule has 1 aliphatic heterocycles. The first-order valence-corrected chi connectivity index (χ1v) is 11.5. The summed E-state index contributed by atoms with van der Waals surface area (Å²) in [5.41, 5.74) is 3.47. The van der Waals surface area contributed by atoms with Crippen LogP contribution in [0.5, 0.6) is 0 Å². The molecule has 1 fully saturated rings. The third-order valence-corrected chi connectivity index (χ3v) is 6.63. The number of rotatable bonds is 5. The van der Waals surface area contributed by atoms with Crippen LogP contribution in [-0.2, 0) is 17.9 Å². The molecule has 7 heteroatoms. The standard InChI is InChI=1S/C26H18ClFN2O2S/c27-20-10-8-17(9-11-20)15-30-25(31)24(33-26(30)32)13-19-16-29(23-7-2-1-6-22(19)23)14-18-4-3-5-21(28)12-18/h1-13,16H,14-15H2/b24-13-. The summed E-state index contributed by atoms with van der Waals surface area (Å²) in [7, 11) is 0. The van der Waals surface area contributed by atoms with Gasteiger partial charge in [0.25, 0.3) is 11.1 Å². The number of hydrogen-bond acceptors (Lipinski definition) is 3. The first-order chi connectivity index (χ1) is 16.0. The minimum absolute atomic E-state index is 0.195. The Morgan fingerprint density at radius 2 is 1.70 bits per heavy atom. The molecule has 0 aliphatic carbocycles. The van der Waals surface area contributed by atoms with Crippen molar-refractivity contribution in [1.29, 1.82) is 0 Å². The number of nitrogens with zero attached hydrogens (tertiary/aromatic N) is 2. The largest absolute Gasteiger partial charge is 0.342 e. The monoisotopic (exact) mass is 476 g/mol. The van der Waals surface area contributed by atoms with Crippen LogP contribution in [0.4, 0.5) is 9.18 Å². The van der Waals surface area contributed by atoms with E-state index in [9.17, 15) is 14.0 Å². The third-order valence-electron chi connectivity index (χ3n) is 5.48. The number of carbonyl (C=O) groups is 2. The lowest BCUT2D eigenvalue weighted by atomic mass is 10.1. The predicted octanol–water partition coefficient (Wildman–Crippen LogP) is 6.72. The molecule has 1 aromatic heterocycles. The molecule has 4 aromatic rings. The number of imide groups is 1. The molecular weight excluding hydrogens is 459 g/mol. The highest BCUT2D eigenvalue weighted by atomic mass is 35.5. The van der Waals surface area contributed by atoms with Crippen molar-refractivity contribution in [3.63, 3.8) is 0 Å². The van der Waals surface area contributed by atoms with Crippen LogP contribution in [0.3, 0.4) is 0 Å². The molecule has 0 bridgehead atoms. The molecule has 0 unspecified atom stereocenters. The fraction of sp³-hybridized carbons (Fsp3) is 0.0769. The molecule has 0 spiro atoms. The lowest BCUT2D eigenvalue weighted by molar-refractivity contribution is -0.123. The Kier molecular flexibility index (Phi) is 5.79. The van der Waals surface area contributed by atoms with E-state index in [0.29, 0.717) is 16.5 Å². The van der Waals surface area contributed by atoms with Crippen LogP contribution in [0.2, 0.25) is 5.02 Å². The van der Waals surface area contributed by atoms with Gasteiger partial charge in [0, 0.05) is 34.2 Å². The van der Waals surface area contributed by atoms with Crippen molar-refractivity contribution in [2.45, 2.75) is 13.1 Å². The SMILES string of the molecule is O=C1S/C(=C\c2cn(Cc3cccc(F)c3)c3ccccc23)C(=O)N1Cc1ccc(Cl)cc1. The van der Waals surface area contributed by atoms with Crippen molar-refractivity contribution in [3.05, 3.63) is 111 Å². The molecule has 1 aliphatic rings. The Morgan fingerprint density at radius 3 is 2.48 bits per heavy atom. The molecule has 2 heterocycles. The second-order valence-electron chi connectivity index (χ2n) is 7.75. The van der Waals surface area contributed by atoms with Crippen molar-refractivity contribution in [1.82, 2.24) is 9.47 Å². The summed E-state index contributed by atoms with van der Waals surface area (Å²) in [4.78, 5) is 27.2. The first kappa shape index (κ1) is 21.5.